The lowest BCUT2D eigenvalue weighted by Crippen LogP contribution is -2.65. The van der Waals surface area contributed by atoms with E-state index in [1.807, 2.05) is 35.2 Å². The van der Waals surface area contributed by atoms with Gasteiger partial charge in [-0.15, -0.1) is 0 Å². The smallest absolute Gasteiger partial charge is 0.394 e. The van der Waals surface area contributed by atoms with Gasteiger partial charge in [-0.25, -0.2) is 0 Å². The van der Waals surface area contributed by atoms with Gasteiger partial charge in [0.25, 0.3) is 0 Å². The SMILES string of the molecule is C[C@H](OC[C@@]1(c2ccccc2)CC[C@@](CO)(N2C=NNC2)CN1)c1cc(C(F)(F)F)cc(C(F)(F)F)c1. The molecule has 202 valence electrons. The lowest BCUT2D eigenvalue weighted by molar-refractivity contribution is -0.143. The summed E-state index contributed by atoms with van der Waals surface area (Å²) in [6, 6.07) is 10.8. The lowest BCUT2D eigenvalue weighted by Gasteiger charge is -2.50. The molecule has 1 fully saturated rings. The van der Waals surface area contributed by atoms with Crippen LogP contribution in [-0.4, -0.2) is 48.3 Å². The number of nitrogens with one attached hydrogen (secondary N) is 2. The molecule has 2 aliphatic rings. The number of hydrogen-bond acceptors (Lipinski definition) is 6. The van der Waals surface area contributed by atoms with Crippen molar-refractivity contribution in [2.24, 2.45) is 5.10 Å². The Morgan fingerprint density at radius 1 is 1.03 bits per heavy atom. The van der Waals surface area contributed by atoms with Gasteiger partial charge in [-0.05, 0) is 49.1 Å². The molecule has 3 N–H and O–H groups in total. The van der Waals surface area contributed by atoms with Crippen molar-refractivity contribution in [3.05, 3.63) is 70.8 Å². The molecule has 1 saturated heterocycles. The Hall–Kier alpha value is -2.83. The van der Waals surface area contributed by atoms with Crippen LogP contribution in [-0.2, 0) is 22.6 Å². The molecule has 0 aliphatic carbocycles. The molecule has 2 aromatic rings. The molecule has 2 aliphatic heterocycles. The number of hydrazone groups is 1. The Balaban J connectivity index is 1.59. The first-order chi connectivity index (χ1) is 17.4. The van der Waals surface area contributed by atoms with E-state index in [0.29, 0.717) is 38.2 Å². The number of alkyl halides is 6. The van der Waals surface area contributed by atoms with E-state index in [2.05, 4.69) is 15.8 Å². The number of hydrogen-bond donors (Lipinski definition) is 3. The van der Waals surface area contributed by atoms with Gasteiger partial charge in [-0.2, -0.15) is 31.4 Å². The molecule has 0 aromatic heterocycles. The third-order valence-corrected chi connectivity index (χ3v) is 7.19. The average molecular weight is 531 g/mol. The first-order valence-electron chi connectivity index (χ1n) is 11.7. The summed E-state index contributed by atoms with van der Waals surface area (Å²) in [6.07, 6.45) is -8.27. The van der Waals surface area contributed by atoms with Gasteiger partial charge in [-0.3, -0.25) is 5.43 Å². The minimum atomic E-state index is -4.94. The minimum absolute atomic E-state index is 0.0103. The maximum absolute atomic E-state index is 13.3. The predicted octanol–water partition coefficient (Wildman–Crippen LogP) is 4.62. The van der Waals surface area contributed by atoms with Crippen LogP contribution in [0.4, 0.5) is 26.3 Å². The second-order valence-electron chi connectivity index (χ2n) is 9.51. The van der Waals surface area contributed by atoms with Gasteiger partial charge in [0, 0.05) is 6.54 Å². The highest BCUT2D eigenvalue weighted by molar-refractivity contribution is 5.58. The van der Waals surface area contributed by atoms with Crippen LogP contribution in [0.3, 0.4) is 0 Å². The molecule has 0 saturated carbocycles. The lowest BCUT2D eigenvalue weighted by atomic mass is 9.76. The van der Waals surface area contributed by atoms with Crippen LogP contribution in [0.2, 0.25) is 0 Å². The Bertz CT molecular complexity index is 1070. The van der Waals surface area contributed by atoms with Crippen molar-refractivity contribution in [1.82, 2.24) is 15.6 Å². The van der Waals surface area contributed by atoms with Gasteiger partial charge in [-0.1, -0.05) is 30.3 Å². The molecule has 0 bridgehead atoms. The Morgan fingerprint density at radius 3 is 2.16 bits per heavy atom. The summed E-state index contributed by atoms with van der Waals surface area (Å²) >= 11 is 0. The quantitative estimate of drug-likeness (QED) is 0.456. The van der Waals surface area contributed by atoms with E-state index in [4.69, 9.17) is 4.74 Å². The van der Waals surface area contributed by atoms with Crippen LogP contribution >= 0.6 is 0 Å². The molecule has 6 nitrogen and oxygen atoms in total. The second-order valence-corrected chi connectivity index (χ2v) is 9.51. The van der Waals surface area contributed by atoms with Crippen LogP contribution in [0.15, 0.2) is 53.6 Å². The molecule has 12 heteroatoms. The largest absolute Gasteiger partial charge is 0.416 e. The number of halogens is 6. The second kappa shape index (κ2) is 10.1. The normalized spacial score (nSPS) is 25.2. The summed E-state index contributed by atoms with van der Waals surface area (Å²) in [5, 5.41) is 17.7. The highest BCUT2D eigenvalue weighted by Gasteiger charge is 2.47. The van der Waals surface area contributed by atoms with Crippen LogP contribution in [0.25, 0.3) is 0 Å². The van der Waals surface area contributed by atoms with Gasteiger partial charge in [0.05, 0.1) is 41.5 Å². The van der Waals surface area contributed by atoms with Crippen LogP contribution in [0, 0.1) is 0 Å². The molecule has 37 heavy (non-hydrogen) atoms. The van der Waals surface area contributed by atoms with Gasteiger partial charge in [0.15, 0.2) is 0 Å². The first kappa shape index (κ1) is 27.2. The zero-order chi connectivity index (χ0) is 26.9. The Kier molecular flexibility index (Phi) is 7.46. The zero-order valence-electron chi connectivity index (χ0n) is 20.0. The fourth-order valence-electron chi connectivity index (χ4n) is 4.77. The fourth-order valence-corrected chi connectivity index (χ4v) is 4.77. The number of benzene rings is 2. The number of aliphatic hydroxyl groups is 1. The maximum Gasteiger partial charge on any atom is 0.416 e. The van der Waals surface area contributed by atoms with E-state index in [-0.39, 0.29) is 24.8 Å². The molecule has 0 unspecified atom stereocenters. The molecule has 2 aromatic carbocycles. The fraction of sp³-hybridized carbons (Fsp3) is 0.480. The van der Waals surface area contributed by atoms with Gasteiger partial charge in [0.1, 0.15) is 13.0 Å². The van der Waals surface area contributed by atoms with Gasteiger partial charge >= 0.3 is 12.4 Å². The monoisotopic (exact) mass is 530 g/mol. The van der Waals surface area contributed by atoms with Crippen LogP contribution < -0.4 is 10.7 Å². The van der Waals surface area contributed by atoms with E-state index in [0.717, 1.165) is 5.56 Å². The average Bonchev–Trinajstić information content (AvgIpc) is 3.43. The molecule has 0 radical (unpaired) electrons. The van der Waals surface area contributed by atoms with Crippen molar-refractivity contribution in [1.29, 1.82) is 0 Å². The summed E-state index contributed by atoms with van der Waals surface area (Å²) in [6.45, 7) is 2.07. The van der Waals surface area contributed by atoms with Gasteiger partial charge in [0.2, 0.25) is 0 Å². The van der Waals surface area contributed by atoms with Crippen molar-refractivity contribution in [2.75, 3.05) is 26.4 Å². The standard InChI is InChI=1S/C25H28F6N4O2/c1-17(18-9-20(24(26,27)28)11-21(10-18)25(29,30)31)37-14-23(19-5-3-2-4-6-19)8-7-22(13-36,12-32-23)35-15-33-34-16-35/h2-6,9-11,15,17,32,34,36H,7-8,12-14,16H2,1H3/t17-,22+,23+/m0/s1. The molecule has 3 atom stereocenters. The van der Waals surface area contributed by atoms with E-state index < -0.39 is 40.7 Å². The molecular weight excluding hydrogens is 502 g/mol. The summed E-state index contributed by atoms with van der Waals surface area (Å²) in [5.74, 6) is 0. The number of rotatable bonds is 7. The number of nitrogens with zero attached hydrogens (tertiary/aromatic N) is 2. The van der Waals surface area contributed by atoms with Crippen molar-refractivity contribution >= 4 is 6.34 Å². The Morgan fingerprint density at radius 2 is 1.68 bits per heavy atom. The number of piperidine rings is 1. The van der Waals surface area contributed by atoms with Gasteiger partial charge < -0.3 is 20.1 Å². The predicted molar refractivity (Wildman–Crippen MR) is 124 cm³/mol. The van der Waals surface area contributed by atoms with E-state index in [9.17, 15) is 31.4 Å². The van der Waals surface area contributed by atoms with Crippen molar-refractivity contribution < 1.29 is 36.2 Å². The third-order valence-electron chi connectivity index (χ3n) is 7.19. The van der Waals surface area contributed by atoms with Crippen molar-refractivity contribution in [3.8, 4) is 0 Å². The summed E-state index contributed by atoms with van der Waals surface area (Å²) in [4.78, 5) is 1.90. The molecule has 0 amide bonds. The highest BCUT2D eigenvalue weighted by atomic mass is 19.4. The van der Waals surface area contributed by atoms with E-state index in [1.54, 1.807) is 6.34 Å². The molecule has 0 spiro atoms. The van der Waals surface area contributed by atoms with E-state index in [1.165, 1.54) is 6.92 Å². The number of aliphatic hydroxyl groups excluding tert-OH is 1. The Labute approximate surface area is 210 Å². The summed E-state index contributed by atoms with van der Waals surface area (Å²) in [7, 11) is 0. The van der Waals surface area contributed by atoms with Crippen LogP contribution in [0.5, 0.6) is 0 Å². The van der Waals surface area contributed by atoms with Crippen molar-refractivity contribution in [2.45, 2.75) is 49.3 Å². The van der Waals surface area contributed by atoms with Crippen molar-refractivity contribution in [3.63, 3.8) is 0 Å². The van der Waals surface area contributed by atoms with E-state index >= 15 is 0 Å². The zero-order valence-corrected chi connectivity index (χ0v) is 20.0. The molecular formula is C25H28F6N4O2. The molecule has 4 rings (SSSR count). The summed E-state index contributed by atoms with van der Waals surface area (Å²) < 4.78 is 86.0. The van der Waals surface area contributed by atoms with Crippen LogP contribution in [0.1, 0.15) is 48.1 Å². The summed E-state index contributed by atoms with van der Waals surface area (Å²) in [5.41, 5.74) is -0.669. The third kappa shape index (κ3) is 5.70. The minimum Gasteiger partial charge on any atom is -0.394 e. The molecule has 2 heterocycles. The highest BCUT2D eigenvalue weighted by Crippen LogP contribution is 2.40. The number of ether oxygens (including phenoxy) is 1. The topological polar surface area (TPSA) is 69.1 Å². The first-order valence-corrected chi connectivity index (χ1v) is 11.7. The maximum atomic E-state index is 13.3.